The molecule has 6 nitrogen and oxygen atoms in total. The number of carbonyl (C=O) groups is 3. The van der Waals surface area contributed by atoms with Gasteiger partial charge in [-0.05, 0) is 89.9 Å². The second-order valence-electron chi connectivity index (χ2n) is 21.3. The Hall–Kier alpha value is -3.15. The minimum Gasteiger partial charge on any atom is -0.462 e. The van der Waals surface area contributed by atoms with Crippen molar-refractivity contribution >= 4 is 17.9 Å². The van der Waals surface area contributed by atoms with Gasteiger partial charge in [0, 0.05) is 19.3 Å². The van der Waals surface area contributed by atoms with Crippen LogP contribution in [0, 0.1) is 0 Å². The van der Waals surface area contributed by atoms with Gasteiger partial charge in [-0.1, -0.05) is 286 Å². The molecule has 0 saturated heterocycles. The highest BCUT2D eigenvalue weighted by Crippen LogP contribution is 2.17. The average molecular weight is 1030 g/mol. The molecule has 74 heavy (non-hydrogen) atoms. The van der Waals surface area contributed by atoms with Crippen molar-refractivity contribution in [3.05, 3.63) is 72.9 Å². The van der Waals surface area contributed by atoms with E-state index in [0.717, 1.165) is 89.9 Å². The van der Waals surface area contributed by atoms with E-state index in [1.54, 1.807) is 0 Å². The van der Waals surface area contributed by atoms with Crippen LogP contribution in [0.2, 0.25) is 0 Å². The molecule has 0 aromatic rings. The fourth-order valence-corrected chi connectivity index (χ4v) is 9.17. The third-order valence-corrected chi connectivity index (χ3v) is 13.9. The van der Waals surface area contributed by atoms with E-state index in [0.29, 0.717) is 19.3 Å². The number of hydrogen-bond donors (Lipinski definition) is 0. The lowest BCUT2D eigenvalue weighted by Crippen LogP contribution is -2.30. The summed E-state index contributed by atoms with van der Waals surface area (Å²) in [4.78, 5) is 38.1. The highest BCUT2D eigenvalue weighted by Gasteiger charge is 2.19. The van der Waals surface area contributed by atoms with Gasteiger partial charge in [0.2, 0.25) is 0 Å². The molecule has 0 aromatic carbocycles. The van der Waals surface area contributed by atoms with E-state index in [-0.39, 0.29) is 31.1 Å². The third kappa shape index (κ3) is 59.7. The smallest absolute Gasteiger partial charge is 0.306 e. The van der Waals surface area contributed by atoms with Crippen molar-refractivity contribution in [1.29, 1.82) is 0 Å². The van der Waals surface area contributed by atoms with Crippen LogP contribution in [0.5, 0.6) is 0 Å². The molecule has 0 bridgehead atoms. The molecule has 0 aliphatic heterocycles. The SMILES string of the molecule is CC/C=C\C/C=C\C/C=C\C/C=C\C/C=C\CCCCCCCCCCCCCC(=O)OCC(COC(=O)CCCCCCCCCC)OC(=O)CCCCCCCCCCC/C=C\CCCCCCCCCC. The number of rotatable bonds is 58. The molecular weight excluding hydrogens is 913 g/mol. The molecule has 6 heteroatoms. The minimum atomic E-state index is -0.775. The molecule has 428 valence electrons. The largest absolute Gasteiger partial charge is 0.462 e. The summed E-state index contributed by atoms with van der Waals surface area (Å²) < 4.78 is 16.9. The molecule has 0 amide bonds. The van der Waals surface area contributed by atoms with E-state index in [1.807, 2.05) is 0 Å². The summed E-state index contributed by atoms with van der Waals surface area (Å²) in [6, 6.07) is 0. The molecule has 0 heterocycles. The molecule has 0 spiro atoms. The van der Waals surface area contributed by atoms with Gasteiger partial charge in [-0.25, -0.2) is 0 Å². The maximum atomic E-state index is 12.9. The number of ether oxygens (including phenoxy) is 3. The lowest BCUT2D eigenvalue weighted by Gasteiger charge is -2.18. The van der Waals surface area contributed by atoms with E-state index in [4.69, 9.17) is 14.2 Å². The first kappa shape index (κ1) is 70.8. The first-order chi connectivity index (χ1) is 36.5. The summed E-state index contributed by atoms with van der Waals surface area (Å²) in [6.45, 7) is 6.53. The second-order valence-corrected chi connectivity index (χ2v) is 21.3. The van der Waals surface area contributed by atoms with E-state index in [1.165, 1.54) is 193 Å². The Bertz CT molecular complexity index is 1370. The van der Waals surface area contributed by atoms with E-state index >= 15 is 0 Å². The van der Waals surface area contributed by atoms with Gasteiger partial charge in [0.25, 0.3) is 0 Å². The monoisotopic (exact) mass is 1030 g/mol. The lowest BCUT2D eigenvalue weighted by atomic mass is 10.0. The van der Waals surface area contributed by atoms with Crippen molar-refractivity contribution in [2.45, 2.75) is 329 Å². The summed E-state index contributed by atoms with van der Waals surface area (Å²) >= 11 is 0. The number of hydrogen-bond acceptors (Lipinski definition) is 6. The van der Waals surface area contributed by atoms with E-state index in [2.05, 4.69) is 93.7 Å². The highest BCUT2D eigenvalue weighted by molar-refractivity contribution is 5.71. The van der Waals surface area contributed by atoms with E-state index < -0.39 is 6.10 Å². The Labute approximate surface area is 459 Å². The molecule has 0 aromatic heterocycles. The average Bonchev–Trinajstić information content (AvgIpc) is 3.40. The van der Waals surface area contributed by atoms with Crippen LogP contribution in [0.4, 0.5) is 0 Å². The van der Waals surface area contributed by atoms with Crippen molar-refractivity contribution < 1.29 is 28.6 Å². The van der Waals surface area contributed by atoms with Crippen LogP contribution in [0.15, 0.2) is 72.9 Å². The third-order valence-electron chi connectivity index (χ3n) is 13.9. The summed E-state index contributed by atoms with van der Waals surface area (Å²) in [5, 5.41) is 0. The molecular formula is C68H120O6. The van der Waals surface area contributed by atoms with Gasteiger partial charge in [-0.15, -0.1) is 0 Å². The zero-order chi connectivity index (χ0) is 53.6. The van der Waals surface area contributed by atoms with Crippen molar-refractivity contribution in [3.63, 3.8) is 0 Å². The molecule has 0 fully saturated rings. The molecule has 1 atom stereocenters. The second kappa shape index (κ2) is 62.4. The molecule has 1 unspecified atom stereocenters. The van der Waals surface area contributed by atoms with Gasteiger partial charge >= 0.3 is 17.9 Å². The predicted molar refractivity (Wildman–Crippen MR) is 321 cm³/mol. The Morgan fingerprint density at radius 1 is 0.284 bits per heavy atom. The van der Waals surface area contributed by atoms with Crippen molar-refractivity contribution in [2.24, 2.45) is 0 Å². The number of unbranched alkanes of at least 4 members (excludes halogenated alkanes) is 35. The van der Waals surface area contributed by atoms with Gasteiger partial charge < -0.3 is 14.2 Å². The summed E-state index contributed by atoms with van der Waals surface area (Å²) in [5.41, 5.74) is 0. The van der Waals surface area contributed by atoms with Crippen LogP contribution >= 0.6 is 0 Å². The number of carbonyl (C=O) groups excluding carboxylic acids is 3. The zero-order valence-corrected chi connectivity index (χ0v) is 49.1. The number of esters is 3. The van der Waals surface area contributed by atoms with Crippen molar-refractivity contribution in [1.82, 2.24) is 0 Å². The maximum Gasteiger partial charge on any atom is 0.306 e. The van der Waals surface area contributed by atoms with Gasteiger partial charge in [-0.3, -0.25) is 14.4 Å². The van der Waals surface area contributed by atoms with Crippen LogP contribution < -0.4 is 0 Å². The Kier molecular flexibility index (Phi) is 59.7. The molecule has 0 rings (SSSR count). The number of allylic oxidation sites excluding steroid dienone is 12. The Morgan fingerprint density at radius 3 is 0.838 bits per heavy atom. The fraction of sp³-hybridized carbons (Fsp3) is 0.779. The minimum absolute atomic E-state index is 0.0738. The van der Waals surface area contributed by atoms with Crippen LogP contribution in [-0.2, 0) is 28.6 Å². The van der Waals surface area contributed by atoms with Gasteiger partial charge in [-0.2, -0.15) is 0 Å². The molecule has 0 aliphatic rings. The Morgan fingerprint density at radius 2 is 0.527 bits per heavy atom. The summed E-state index contributed by atoms with van der Waals surface area (Å²) in [7, 11) is 0. The highest BCUT2D eigenvalue weighted by atomic mass is 16.6. The van der Waals surface area contributed by atoms with Gasteiger partial charge in [0.15, 0.2) is 6.10 Å². The topological polar surface area (TPSA) is 78.9 Å². The molecule has 0 N–H and O–H groups in total. The molecule has 0 aliphatic carbocycles. The predicted octanol–water partition coefficient (Wildman–Crippen LogP) is 21.7. The molecule has 0 saturated carbocycles. The summed E-state index contributed by atoms with van der Waals surface area (Å²) in [5.74, 6) is -0.870. The molecule has 0 radical (unpaired) electrons. The van der Waals surface area contributed by atoms with E-state index in [9.17, 15) is 14.4 Å². The van der Waals surface area contributed by atoms with Gasteiger partial charge in [0.05, 0.1) is 0 Å². The van der Waals surface area contributed by atoms with Crippen LogP contribution in [-0.4, -0.2) is 37.2 Å². The van der Waals surface area contributed by atoms with Crippen molar-refractivity contribution in [3.8, 4) is 0 Å². The van der Waals surface area contributed by atoms with Crippen LogP contribution in [0.25, 0.3) is 0 Å². The first-order valence-electron chi connectivity index (χ1n) is 31.9. The zero-order valence-electron chi connectivity index (χ0n) is 49.1. The van der Waals surface area contributed by atoms with Gasteiger partial charge in [0.1, 0.15) is 13.2 Å². The van der Waals surface area contributed by atoms with Crippen LogP contribution in [0.3, 0.4) is 0 Å². The van der Waals surface area contributed by atoms with Crippen molar-refractivity contribution in [2.75, 3.05) is 13.2 Å². The first-order valence-corrected chi connectivity index (χ1v) is 31.9. The standard InChI is InChI=1S/C68H120O6/c1-4-7-10-13-16-19-21-23-25-27-29-31-32-33-34-35-36-38-39-41-43-45-47-49-52-55-58-61-67(70)73-64-65(63-72-66(69)60-57-54-51-18-15-12-9-6-3)74-68(71)62-59-56-53-50-48-46-44-42-40-37-30-28-26-24-22-20-17-14-11-8-5-2/h7,10,16,19,23,25,28-31,33-34,65H,4-6,8-9,11-15,17-18,20-22,24,26-27,32,35-64H2,1-3H3/b10-7-,19-16-,25-23-,30-28-,31-29-,34-33-. The lowest BCUT2D eigenvalue weighted by molar-refractivity contribution is -0.167. The summed E-state index contributed by atoms with van der Waals surface area (Å²) in [6.07, 6.45) is 80.7. The normalized spacial score (nSPS) is 12.5. The Balaban J connectivity index is 4.16. The van der Waals surface area contributed by atoms with Crippen LogP contribution in [0.1, 0.15) is 323 Å². The maximum absolute atomic E-state index is 12.9. The fourth-order valence-electron chi connectivity index (χ4n) is 9.17. The quantitative estimate of drug-likeness (QED) is 0.0261.